The first kappa shape index (κ1) is 26.3. The number of benzene rings is 9. The third-order valence-corrected chi connectivity index (χ3v) is 9.15. The second-order valence-electron chi connectivity index (χ2n) is 11.8. The van der Waals surface area contributed by atoms with Crippen LogP contribution in [0.5, 0.6) is 0 Å². The summed E-state index contributed by atoms with van der Waals surface area (Å²) >= 11 is 0. The van der Waals surface area contributed by atoms with Gasteiger partial charge in [-0.25, -0.2) is 0 Å². The molecule has 0 N–H and O–H groups in total. The lowest BCUT2D eigenvalue weighted by molar-refractivity contribution is 1.30. The van der Waals surface area contributed by atoms with Gasteiger partial charge in [0.1, 0.15) is 0 Å². The minimum Gasteiger partial charge on any atom is -0.310 e. The van der Waals surface area contributed by atoms with E-state index in [1.165, 1.54) is 54.5 Å². The SMILES string of the molecule is c1ccc(N(c2ccccc2)c2ccc3ccc4c(N(c5ccccc5)c5cccc6ccccc56)ccc5ccc2c3c54)cc1. The van der Waals surface area contributed by atoms with Gasteiger partial charge >= 0.3 is 0 Å². The van der Waals surface area contributed by atoms with E-state index in [2.05, 4.69) is 192 Å². The zero-order valence-corrected chi connectivity index (χ0v) is 25.2. The molecule has 46 heavy (non-hydrogen) atoms. The normalized spacial score (nSPS) is 11.5. The number of hydrogen-bond acceptors (Lipinski definition) is 2. The van der Waals surface area contributed by atoms with E-state index in [0.29, 0.717) is 0 Å². The molecule has 0 aliphatic carbocycles. The van der Waals surface area contributed by atoms with Crippen molar-refractivity contribution < 1.29 is 0 Å². The molecule has 9 rings (SSSR count). The van der Waals surface area contributed by atoms with Crippen molar-refractivity contribution in [2.24, 2.45) is 0 Å². The number of fused-ring (bicyclic) bond motifs is 1. The molecule has 0 aromatic heterocycles. The van der Waals surface area contributed by atoms with Crippen LogP contribution < -0.4 is 9.80 Å². The Balaban J connectivity index is 1.34. The summed E-state index contributed by atoms with van der Waals surface area (Å²) in [6.45, 7) is 0. The lowest BCUT2D eigenvalue weighted by atomic mass is 9.91. The van der Waals surface area contributed by atoms with Crippen LogP contribution in [0.1, 0.15) is 0 Å². The van der Waals surface area contributed by atoms with Gasteiger partial charge < -0.3 is 9.80 Å². The van der Waals surface area contributed by atoms with Crippen LogP contribution in [0.2, 0.25) is 0 Å². The van der Waals surface area contributed by atoms with Crippen molar-refractivity contribution in [3.63, 3.8) is 0 Å². The predicted molar refractivity (Wildman–Crippen MR) is 197 cm³/mol. The highest BCUT2D eigenvalue weighted by atomic mass is 15.1. The Labute approximate surface area is 268 Å². The Morgan fingerprint density at radius 1 is 0.239 bits per heavy atom. The quantitative estimate of drug-likeness (QED) is 0.179. The molecule has 0 saturated heterocycles. The van der Waals surface area contributed by atoms with Crippen LogP contribution in [0.15, 0.2) is 182 Å². The first-order valence-corrected chi connectivity index (χ1v) is 15.8. The Bertz CT molecular complexity index is 2420. The van der Waals surface area contributed by atoms with Crippen molar-refractivity contribution in [2.45, 2.75) is 0 Å². The maximum Gasteiger partial charge on any atom is 0.0540 e. The zero-order valence-electron chi connectivity index (χ0n) is 25.2. The molecule has 216 valence electrons. The molecular formula is C44H30N2. The molecule has 0 unspecified atom stereocenters. The largest absolute Gasteiger partial charge is 0.310 e. The van der Waals surface area contributed by atoms with Crippen LogP contribution in [0.3, 0.4) is 0 Å². The number of rotatable bonds is 6. The molecule has 0 radical (unpaired) electrons. The molecule has 9 aromatic carbocycles. The van der Waals surface area contributed by atoms with Crippen LogP contribution >= 0.6 is 0 Å². The van der Waals surface area contributed by atoms with E-state index >= 15 is 0 Å². The molecule has 0 aliphatic heterocycles. The standard InChI is InChI=1S/C44H30N2/c1-4-15-34(16-5-1)45(35-17-6-2-7-18-35)41-29-25-32-24-28-39-42(30-26-33-23-27-38(41)43(32)44(33)39)46(36-19-8-3-9-20-36)40-22-12-14-31-13-10-11-21-37(31)40/h1-30H. The van der Waals surface area contributed by atoms with E-state index in [4.69, 9.17) is 0 Å². The zero-order chi connectivity index (χ0) is 30.5. The van der Waals surface area contributed by atoms with E-state index in [0.717, 1.165) is 22.7 Å². The molecule has 0 saturated carbocycles. The molecule has 2 heteroatoms. The van der Waals surface area contributed by atoms with Crippen molar-refractivity contribution in [3.05, 3.63) is 182 Å². The van der Waals surface area contributed by atoms with Crippen molar-refractivity contribution in [3.8, 4) is 0 Å². The fourth-order valence-electron chi connectivity index (χ4n) is 7.13. The Kier molecular flexibility index (Phi) is 6.17. The van der Waals surface area contributed by atoms with Crippen molar-refractivity contribution >= 4 is 77.2 Å². The first-order valence-electron chi connectivity index (χ1n) is 15.8. The molecule has 0 heterocycles. The van der Waals surface area contributed by atoms with Gasteiger partial charge in [-0.2, -0.15) is 0 Å². The van der Waals surface area contributed by atoms with Crippen LogP contribution in [0.25, 0.3) is 43.1 Å². The third kappa shape index (κ3) is 4.19. The summed E-state index contributed by atoms with van der Waals surface area (Å²) in [4.78, 5) is 4.80. The van der Waals surface area contributed by atoms with Gasteiger partial charge in [-0.15, -0.1) is 0 Å². The molecular weight excluding hydrogens is 556 g/mol. The smallest absolute Gasteiger partial charge is 0.0540 e. The van der Waals surface area contributed by atoms with E-state index in [1.807, 2.05) is 0 Å². The Hall–Kier alpha value is -6.12. The molecule has 0 aliphatic rings. The topological polar surface area (TPSA) is 6.48 Å². The summed E-state index contributed by atoms with van der Waals surface area (Å²) in [7, 11) is 0. The van der Waals surface area contributed by atoms with Crippen LogP contribution in [-0.4, -0.2) is 0 Å². The fraction of sp³-hybridized carbons (Fsp3) is 0. The Morgan fingerprint density at radius 2 is 0.652 bits per heavy atom. The summed E-state index contributed by atoms with van der Waals surface area (Å²) in [5.41, 5.74) is 6.90. The Morgan fingerprint density at radius 3 is 1.22 bits per heavy atom. The summed E-state index contributed by atoms with van der Waals surface area (Å²) in [6, 6.07) is 65.7. The molecule has 0 atom stereocenters. The first-order chi connectivity index (χ1) is 22.8. The number of anilines is 6. The lowest BCUT2D eigenvalue weighted by Crippen LogP contribution is -2.11. The third-order valence-electron chi connectivity index (χ3n) is 9.15. The molecule has 0 bridgehead atoms. The molecule has 9 aromatic rings. The van der Waals surface area contributed by atoms with Gasteiger partial charge in [0.15, 0.2) is 0 Å². The summed E-state index contributed by atoms with van der Waals surface area (Å²) < 4.78 is 0. The molecule has 0 spiro atoms. The van der Waals surface area contributed by atoms with Gasteiger partial charge in [-0.3, -0.25) is 0 Å². The van der Waals surface area contributed by atoms with Crippen molar-refractivity contribution in [2.75, 3.05) is 9.80 Å². The average molecular weight is 587 g/mol. The highest BCUT2D eigenvalue weighted by Crippen LogP contribution is 2.48. The minimum absolute atomic E-state index is 1.13. The highest BCUT2D eigenvalue weighted by molar-refractivity contribution is 6.28. The molecule has 0 amide bonds. The average Bonchev–Trinajstić information content (AvgIpc) is 3.13. The van der Waals surface area contributed by atoms with Gasteiger partial charge in [-0.1, -0.05) is 127 Å². The monoisotopic (exact) mass is 586 g/mol. The van der Waals surface area contributed by atoms with E-state index < -0.39 is 0 Å². The van der Waals surface area contributed by atoms with Crippen molar-refractivity contribution in [1.29, 1.82) is 0 Å². The van der Waals surface area contributed by atoms with E-state index in [9.17, 15) is 0 Å². The number of hydrogen-bond donors (Lipinski definition) is 0. The lowest BCUT2D eigenvalue weighted by Gasteiger charge is -2.30. The van der Waals surface area contributed by atoms with E-state index in [1.54, 1.807) is 0 Å². The maximum atomic E-state index is 2.43. The van der Waals surface area contributed by atoms with Gasteiger partial charge in [0.05, 0.1) is 17.1 Å². The second kappa shape index (κ2) is 10.8. The van der Waals surface area contributed by atoms with Gasteiger partial charge in [0, 0.05) is 33.2 Å². The molecule has 0 fully saturated rings. The highest BCUT2D eigenvalue weighted by Gasteiger charge is 2.22. The fourth-order valence-corrected chi connectivity index (χ4v) is 7.13. The van der Waals surface area contributed by atoms with Crippen LogP contribution in [0.4, 0.5) is 34.1 Å². The van der Waals surface area contributed by atoms with Crippen LogP contribution in [0, 0.1) is 0 Å². The van der Waals surface area contributed by atoms with Gasteiger partial charge in [0.2, 0.25) is 0 Å². The molecule has 2 nitrogen and oxygen atoms in total. The summed E-state index contributed by atoms with van der Waals surface area (Å²) in [6.07, 6.45) is 0. The van der Waals surface area contributed by atoms with E-state index in [-0.39, 0.29) is 0 Å². The maximum absolute atomic E-state index is 2.43. The summed E-state index contributed by atoms with van der Waals surface area (Å²) in [5, 5.41) is 9.98. The van der Waals surface area contributed by atoms with Gasteiger partial charge in [0.25, 0.3) is 0 Å². The van der Waals surface area contributed by atoms with Crippen LogP contribution in [-0.2, 0) is 0 Å². The number of nitrogens with zero attached hydrogens (tertiary/aromatic N) is 2. The van der Waals surface area contributed by atoms with Gasteiger partial charge in [-0.05, 0) is 81.5 Å². The predicted octanol–water partition coefficient (Wildman–Crippen LogP) is 12.7. The summed E-state index contributed by atoms with van der Waals surface area (Å²) in [5.74, 6) is 0. The number of para-hydroxylation sites is 3. The minimum atomic E-state index is 1.13. The van der Waals surface area contributed by atoms with Crippen molar-refractivity contribution in [1.82, 2.24) is 0 Å². The second-order valence-corrected chi connectivity index (χ2v) is 11.8.